The van der Waals surface area contributed by atoms with Crippen LogP contribution in [0.3, 0.4) is 0 Å². The Morgan fingerprint density at radius 3 is 2.59 bits per heavy atom. The molecule has 1 aromatic heterocycles. The van der Waals surface area contributed by atoms with Gasteiger partial charge in [-0.15, -0.1) is 11.3 Å². The minimum atomic E-state index is -0.799. The molecule has 0 aliphatic carbocycles. The Bertz CT molecular complexity index is 828. The number of hydrogen-bond donors (Lipinski definition) is 0. The van der Waals surface area contributed by atoms with Gasteiger partial charge < -0.3 is 9.64 Å². The molecule has 1 saturated heterocycles. The maximum Gasteiger partial charge on any atom is 0.351 e. The van der Waals surface area contributed by atoms with E-state index in [9.17, 15) is 9.59 Å². The number of carbonyl (C=O) groups is 2. The highest BCUT2D eigenvalue weighted by Crippen LogP contribution is 2.30. The number of rotatable bonds is 4. The van der Waals surface area contributed by atoms with Crippen molar-refractivity contribution in [3.8, 4) is 10.6 Å². The summed E-state index contributed by atoms with van der Waals surface area (Å²) < 4.78 is 5.46. The number of aryl methyl sites for hydroxylation is 1. The SMILES string of the molecule is Cc1nc(-c2cccc(Cl)c2)sc1C(=O)O[C@H](C)C(=O)N1CCCCCC1. The van der Waals surface area contributed by atoms with E-state index >= 15 is 0 Å². The second-order valence-electron chi connectivity index (χ2n) is 6.73. The first-order valence-corrected chi connectivity index (χ1v) is 10.4. The minimum absolute atomic E-state index is 0.123. The number of carbonyl (C=O) groups excluding carboxylic acids is 2. The van der Waals surface area contributed by atoms with Crippen molar-refractivity contribution < 1.29 is 14.3 Å². The molecular formula is C20H23ClN2O3S. The maximum atomic E-state index is 12.6. The van der Waals surface area contributed by atoms with Gasteiger partial charge in [0.25, 0.3) is 5.91 Å². The summed E-state index contributed by atoms with van der Waals surface area (Å²) in [6.45, 7) is 4.88. The monoisotopic (exact) mass is 406 g/mol. The molecule has 0 bridgehead atoms. The zero-order chi connectivity index (χ0) is 19.4. The molecule has 1 aromatic carbocycles. The van der Waals surface area contributed by atoms with E-state index in [2.05, 4.69) is 4.98 Å². The van der Waals surface area contributed by atoms with E-state index in [4.69, 9.17) is 16.3 Å². The number of ether oxygens (including phenoxy) is 1. The molecule has 0 radical (unpaired) electrons. The van der Waals surface area contributed by atoms with E-state index < -0.39 is 12.1 Å². The van der Waals surface area contributed by atoms with Crippen LogP contribution in [0.2, 0.25) is 5.02 Å². The highest BCUT2D eigenvalue weighted by molar-refractivity contribution is 7.17. The van der Waals surface area contributed by atoms with Crippen molar-refractivity contribution in [1.82, 2.24) is 9.88 Å². The lowest BCUT2D eigenvalue weighted by Gasteiger charge is -2.23. The fraction of sp³-hybridized carbons (Fsp3) is 0.450. The van der Waals surface area contributed by atoms with Gasteiger partial charge in [-0.1, -0.05) is 36.6 Å². The second kappa shape index (κ2) is 8.85. The van der Waals surface area contributed by atoms with Crippen molar-refractivity contribution in [2.75, 3.05) is 13.1 Å². The molecular weight excluding hydrogens is 384 g/mol. The molecule has 27 heavy (non-hydrogen) atoms. The summed E-state index contributed by atoms with van der Waals surface area (Å²) >= 11 is 7.29. The molecule has 5 nitrogen and oxygen atoms in total. The third-order valence-corrected chi connectivity index (χ3v) is 6.02. The fourth-order valence-corrected chi connectivity index (χ4v) is 4.28. The smallest absolute Gasteiger partial charge is 0.351 e. The lowest BCUT2D eigenvalue weighted by molar-refractivity contribution is -0.139. The Kier molecular flexibility index (Phi) is 6.50. The molecule has 7 heteroatoms. The Balaban J connectivity index is 1.69. The molecule has 0 N–H and O–H groups in total. The van der Waals surface area contributed by atoms with Gasteiger partial charge in [-0.3, -0.25) is 4.79 Å². The van der Waals surface area contributed by atoms with Crippen molar-refractivity contribution in [2.45, 2.75) is 45.6 Å². The van der Waals surface area contributed by atoms with Gasteiger partial charge in [-0.25, -0.2) is 9.78 Å². The molecule has 1 aliphatic rings. The van der Waals surface area contributed by atoms with Crippen LogP contribution in [0.1, 0.15) is 48.0 Å². The molecule has 144 valence electrons. The van der Waals surface area contributed by atoms with E-state index in [1.807, 2.05) is 17.0 Å². The van der Waals surface area contributed by atoms with Crippen LogP contribution in [0.25, 0.3) is 10.6 Å². The summed E-state index contributed by atoms with van der Waals surface area (Å²) in [6.07, 6.45) is 3.49. The molecule has 0 unspecified atom stereocenters. The molecule has 0 saturated carbocycles. The highest BCUT2D eigenvalue weighted by Gasteiger charge is 2.27. The van der Waals surface area contributed by atoms with Gasteiger partial charge in [-0.05, 0) is 38.8 Å². The van der Waals surface area contributed by atoms with E-state index in [0.29, 0.717) is 20.6 Å². The standard InChI is InChI=1S/C20H23ClN2O3S/c1-13-17(27-18(22-13)15-8-7-9-16(21)12-15)20(25)26-14(2)19(24)23-10-5-3-4-6-11-23/h7-9,12,14H,3-6,10-11H2,1-2H3/t14-/m1/s1. The first-order valence-electron chi connectivity index (χ1n) is 9.19. The summed E-state index contributed by atoms with van der Waals surface area (Å²) in [7, 11) is 0. The topological polar surface area (TPSA) is 59.5 Å². The Morgan fingerprint density at radius 1 is 1.22 bits per heavy atom. The summed E-state index contributed by atoms with van der Waals surface area (Å²) in [4.78, 5) is 31.9. The van der Waals surface area contributed by atoms with Gasteiger partial charge in [0, 0.05) is 23.7 Å². The summed E-state index contributed by atoms with van der Waals surface area (Å²) in [5.41, 5.74) is 1.44. The average Bonchev–Trinajstić information content (AvgIpc) is 2.85. The van der Waals surface area contributed by atoms with Crippen molar-refractivity contribution in [3.63, 3.8) is 0 Å². The van der Waals surface area contributed by atoms with Crippen LogP contribution in [0.5, 0.6) is 0 Å². The van der Waals surface area contributed by atoms with Crippen LogP contribution < -0.4 is 0 Å². The zero-order valence-electron chi connectivity index (χ0n) is 15.5. The lowest BCUT2D eigenvalue weighted by atomic mass is 10.2. The quantitative estimate of drug-likeness (QED) is 0.689. The van der Waals surface area contributed by atoms with Gasteiger partial charge in [0.15, 0.2) is 6.10 Å². The molecule has 1 amide bonds. The predicted octanol–water partition coefficient (Wildman–Crippen LogP) is 4.72. The molecule has 1 atom stereocenters. The fourth-order valence-electron chi connectivity index (χ4n) is 3.14. The number of halogens is 1. The van der Waals surface area contributed by atoms with Crippen LogP contribution in [-0.4, -0.2) is 41.0 Å². The van der Waals surface area contributed by atoms with Gasteiger partial charge in [0.1, 0.15) is 9.88 Å². The lowest BCUT2D eigenvalue weighted by Crippen LogP contribution is -2.40. The Morgan fingerprint density at radius 2 is 1.93 bits per heavy atom. The Hall–Kier alpha value is -1.92. The third kappa shape index (κ3) is 4.87. The van der Waals surface area contributed by atoms with Gasteiger partial charge in [-0.2, -0.15) is 0 Å². The number of hydrogen-bond acceptors (Lipinski definition) is 5. The number of benzene rings is 1. The molecule has 0 spiro atoms. The van der Waals surface area contributed by atoms with Crippen molar-refractivity contribution in [3.05, 3.63) is 39.9 Å². The number of nitrogens with zero attached hydrogens (tertiary/aromatic N) is 2. The molecule has 2 aromatic rings. The number of likely N-dealkylation sites (tertiary alicyclic amines) is 1. The molecule has 3 rings (SSSR count). The van der Waals surface area contributed by atoms with Gasteiger partial charge in [0.05, 0.1) is 5.69 Å². The van der Waals surface area contributed by atoms with Crippen molar-refractivity contribution in [2.24, 2.45) is 0 Å². The van der Waals surface area contributed by atoms with Gasteiger partial charge in [0.2, 0.25) is 0 Å². The van der Waals surface area contributed by atoms with Crippen LogP contribution >= 0.6 is 22.9 Å². The number of esters is 1. The summed E-state index contributed by atoms with van der Waals surface area (Å²) in [5.74, 6) is -0.628. The number of thiazole rings is 1. The van der Waals surface area contributed by atoms with E-state index in [0.717, 1.165) is 44.3 Å². The van der Waals surface area contributed by atoms with Crippen LogP contribution in [-0.2, 0) is 9.53 Å². The van der Waals surface area contributed by atoms with E-state index in [1.165, 1.54) is 11.3 Å². The molecule has 2 heterocycles. The van der Waals surface area contributed by atoms with Crippen molar-refractivity contribution >= 4 is 34.8 Å². The first-order chi connectivity index (χ1) is 13.0. The number of amides is 1. The minimum Gasteiger partial charge on any atom is -0.448 e. The van der Waals surface area contributed by atoms with E-state index in [1.54, 1.807) is 26.0 Å². The van der Waals surface area contributed by atoms with Crippen LogP contribution in [0, 0.1) is 6.92 Å². The average molecular weight is 407 g/mol. The third-order valence-electron chi connectivity index (χ3n) is 4.60. The molecule has 1 aliphatic heterocycles. The maximum absolute atomic E-state index is 12.6. The normalized spacial score (nSPS) is 15.9. The largest absolute Gasteiger partial charge is 0.448 e. The van der Waals surface area contributed by atoms with E-state index in [-0.39, 0.29) is 5.91 Å². The Labute approximate surface area is 168 Å². The molecule has 1 fully saturated rings. The van der Waals surface area contributed by atoms with Crippen molar-refractivity contribution in [1.29, 1.82) is 0 Å². The zero-order valence-corrected chi connectivity index (χ0v) is 17.1. The predicted molar refractivity (Wildman–Crippen MR) is 107 cm³/mol. The summed E-state index contributed by atoms with van der Waals surface area (Å²) in [5, 5.41) is 1.31. The van der Waals surface area contributed by atoms with Crippen LogP contribution in [0.15, 0.2) is 24.3 Å². The van der Waals surface area contributed by atoms with Crippen LogP contribution in [0.4, 0.5) is 0 Å². The second-order valence-corrected chi connectivity index (χ2v) is 8.17. The number of aromatic nitrogens is 1. The first kappa shape index (κ1) is 19.8. The van der Waals surface area contributed by atoms with Gasteiger partial charge >= 0.3 is 5.97 Å². The highest BCUT2D eigenvalue weighted by atomic mass is 35.5. The summed E-state index contributed by atoms with van der Waals surface area (Å²) in [6, 6.07) is 7.33.